The summed E-state index contributed by atoms with van der Waals surface area (Å²) in [5, 5.41) is 9.53. The molecule has 1 aliphatic rings. The maximum absolute atomic E-state index is 12.2. The number of hydrogen-bond donors (Lipinski definition) is 3. The number of hydrogen-bond acceptors (Lipinski definition) is 8. The van der Waals surface area contributed by atoms with Crippen molar-refractivity contribution < 1.29 is 33.3 Å². The first-order valence-electron chi connectivity index (χ1n) is 7.84. The van der Waals surface area contributed by atoms with E-state index in [1.165, 1.54) is 20.2 Å². The topological polar surface area (TPSA) is 149 Å². The molecule has 0 saturated carbocycles. The molecule has 2 unspecified atom stereocenters. The minimum Gasteiger partial charge on any atom is -0.394 e. The normalized spacial score (nSPS) is 27.5. The van der Waals surface area contributed by atoms with Crippen molar-refractivity contribution in [1.29, 1.82) is 0 Å². The summed E-state index contributed by atoms with van der Waals surface area (Å²) in [6.45, 7) is 2.89. The molecule has 2 heterocycles. The van der Waals surface area contributed by atoms with E-state index in [1.807, 2.05) is 0 Å². The number of aliphatic hydroxyl groups excluding tert-OH is 1. The Morgan fingerprint density at radius 3 is 2.69 bits per heavy atom. The van der Waals surface area contributed by atoms with E-state index in [2.05, 4.69) is 4.98 Å². The molecule has 1 aromatic heterocycles. The molecule has 0 aromatic carbocycles. The summed E-state index contributed by atoms with van der Waals surface area (Å²) in [4.78, 5) is 35.1. The van der Waals surface area contributed by atoms with Gasteiger partial charge in [-0.1, -0.05) is 0 Å². The summed E-state index contributed by atoms with van der Waals surface area (Å²) in [5.74, 6) is 0. The molecule has 1 fully saturated rings. The first kappa shape index (κ1) is 20.8. The van der Waals surface area contributed by atoms with E-state index in [-0.39, 0.29) is 12.2 Å². The molecular formula is C14H22N2O9P+. The Bertz CT molecular complexity index is 749. The van der Waals surface area contributed by atoms with Crippen LogP contribution in [0.1, 0.15) is 18.7 Å². The number of aromatic amines is 1. The number of rotatable bonds is 8. The largest absolute Gasteiger partial charge is 0.695 e. The summed E-state index contributed by atoms with van der Waals surface area (Å²) < 4.78 is 33.7. The van der Waals surface area contributed by atoms with Gasteiger partial charge in [0.05, 0.1) is 19.3 Å². The minimum absolute atomic E-state index is 0.213. The van der Waals surface area contributed by atoms with E-state index in [0.717, 1.165) is 4.57 Å². The van der Waals surface area contributed by atoms with Crippen molar-refractivity contribution in [3.05, 3.63) is 32.6 Å². The van der Waals surface area contributed by atoms with Crippen LogP contribution in [0, 0.1) is 6.92 Å². The number of aryl methyl sites for hydroxylation is 1. The second kappa shape index (κ2) is 8.96. The van der Waals surface area contributed by atoms with Crippen LogP contribution in [0.2, 0.25) is 0 Å². The third kappa shape index (κ3) is 4.63. The molecule has 11 nitrogen and oxygen atoms in total. The number of nitrogens with zero attached hydrogens (tertiary/aromatic N) is 1. The lowest BCUT2D eigenvalue weighted by molar-refractivity contribution is -0.109. The highest BCUT2D eigenvalue weighted by molar-refractivity contribution is 7.32. The van der Waals surface area contributed by atoms with Crippen molar-refractivity contribution in [3.63, 3.8) is 0 Å². The van der Waals surface area contributed by atoms with Gasteiger partial charge in [-0.15, -0.1) is 9.42 Å². The van der Waals surface area contributed by atoms with Crippen molar-refractivity contribution >= 4 is 8.25 Å². The molecule has 0 bridgehead atoms. The molecule has 1 saturated heterocycles. The molecule has 0 spiro atoms. The quantitative estimate of drug-likeness (QED) is 0.482. The fourth-order valence-electron chi connectivity index (χ4n) is 2.77. The van der Waals surface area contributed by atoms with Gasteiger partial charge in [0, 0.05) is 23.4 Å². The lowest BCUT2D eigenvalue weighted by Gasteiger charge is -2.25. The van der Waals surface area contributed by atoms with Gasteiger partial charge in [-0.2, -0.15) is 0 Å². The van der Waals surface area contributed by atoms with Crippen LogP contribution in [-0.4, -0.2) is 64.3 Å². The zero-order valence-corrected chi connectivity index (χ0v) is 15.4. The van der Waals surface area contributed by atoms with Gasteiger partial charge in [0.2, 0.25) is 0 Å². The van der Waals surface area contributed by atoms with Gasteiger partial charge in [-0.25, -0.2) is 4.79 Å². The van der Waals surface area contributed by atoms with E-state index in [1.54, 1.807) is 6.92 Å². The third-order valence-electron chi connectivity index (χ3n) is 3.89. The van der Waals surface area contributed by atoms with Crippen molar-refractivity contribution in [2.45, 2.75) is 44.5 Å². The maximum atomic E-state index is 12.2. The Balaban J connectivity index is 2.44. The Labute approximate surface area is 149 Å². The zero-order valence-electron chi connectivity index (χ0n) is 14.5. The van der Waals surface area contributed by atoms with Crippen LogP contribution in [0.4, 0.5) is 0 Å². The second-order valence-corrected chi connectivity index (χ2v) is 6.59. The molecule has 12 heteroatoms. The lowest BCUT2D eigenvalue weighted by Crippen LogP contribution is -2.42. The maximum Gasteiger partial charge on any atom is 0.695 e. The lowest BCUT2D eigenvalue weighted by atomic mass is 10.1. The average molecular weight is 393 g/mol. The first-order chi connectivity index (χ1) is 12.3. The van der Waals surface area contributed by atoms with Crippen molar-refractivity contribution in [1.82, 2.24) is 9.55 Å². The van der Waals surface area contributed by atoms with Crippen molar-refractivity contribution in [2.75, 3.05) is 20.3 Å². The van der Waals surface area contributed by atoms with Crippen LogP contribution in [0.25, 0.3) is 0 Å². The fraction of sp³-hybridized carbons (Fsp3) is 0.714. The van der Waals surface area contributed by atoms with Crippen LogP contribution >= 0.6 is 8.25 Å². The monoisotopic (exact) mass is 393 g/mol. The van der Waals surface area contributed by atoms with Gasteiger partial charge in [0.1, 0.15) is 12.2 Å². The molecule has 3 N–H and O–H groups in total. The first-order valence-corrected chi connectivity index (χ1v) is 8.97. The predicted octanol–water partition coefficient (Wildman–Crippen LogP) is -0.810. The molecular weight excluding hydrogens is 371 g/mol. The van der Waals surface area contributed by atoms with Crippen molar-refractivity contribution in [2.24, 2.45) is 0 Å². The molecule has 2 rings (SSSR count). The zero-order chi connectivity index (χ0) is 19.4. The number of H-pyrrole nitrogens is 1. The molecule has 0 aliphatic carbocycles. The summed E-state index contributed by atoms with van der Waals surface area (Å²) in [6.07, 6.45) is -3.39. The number of aliphatic hydroxyl groups is 1. The van der Waals surface area contributed by atoms with Crippen LogP contribution in [0.15, 0.2) is 15.8 Å². The number of aromatic nitrogens is 2. The molecule has 1 aromatic rings. The Hall–Kier alpha value is -1.46. The standard InChI is InChI=1S/C14H21N2O9P/c1-7-4-16(14(19)15-12(7)18)13-11(23-8(2)6-22-3)10(25-26(20)21)9(5-17)24-13/h4,8-11,13,17H,5-6H2,1-3H3,(H-,15,18,19,20,21)/p+1/t8-,9-,10?,11+,13-/m1/s1. The van der Waals surface area contributed by atoms with E-state index >= 15 is 0 Å². The van der Waals surface area contributed by atoms with Crippen LogP contribution in [0.5, 0.6) is 0 Å². The second-order valence-electron chi connectivity index (χ2n) is 5.90. The van der Waals surface area contributed by atoms with Gasteiger partial charge in [0.25, 0.3) is 5.56 Å². The van der Waals surface area contributed by atoms with Crippen LogP contribution in [0.3, 0.4) is 0 Å². The van der Waals surface area contributed by atoms with E-state index in [4.69, 9.17) is 23.6 Å². The number of nitrogens with one attached hydrogen (secondary N) is 1. The summed E-state index contributed by atoms with van der Waals surface area (Å²) in [7, 11) is -1.53. The average Bonchev–Trinajstić information content (AvgIpc) is 2.88. The predicted molar refractivity (Wildman–Crippen MR) is 88.0 cm³/mol. The fourth-order valence-corrected chi connectivity index (χ4v) is 3.24. The SMILES string of the molecule is COC[C@@H](C)O[C@H]1C(O[P+](=O)O)[C@@H](CO)O[C@H]1n1cc(C)c(=O)[nH]c1=O. The third-order valence-corrected chi connectivity index (χ3v) is 4.31. The van der Waals surface area contributed by atoms with Gasteiger partial charge in [-0.3, -0.25) is 14.3 Å². The molecule has 0 radical (unpaired) electrons. The summed E-state index contributed by atoms with van der Waals surface area (Å²) in [5.41, 5.74) is -1.03. The molecule has 26 heavy (non-hydrogen) atoms. The van der Waals surface area contributed by atoms with Gasteiger partial charge < -0.3 is 19.3 Å². The minimum atomic E-state index is -3.01. The number of methoxy groups -OCH3 is 1. The van der Waals surface area contributed by atoms with Crippen LogP contribution < -0.4 is 11.2 Å². The Morgan fingerprint density at radius 2 is 2.12 bits per heavy atom. The van der Waals surface area contributed by atoms with E-state index in [0.29, 0.717) is 0 Å². The van der Waals surface area contributed by atoms with Gasteiger partial charge >= 0.3 is 13.9 Å². The van der Waals surface area contributed by atoms with E-state index in [9.17, 15) is 19.3 Å². The Morgan fingerprint density at radius 1 is 1.42 bits per heavy atom. The van der Waals surface area contributed by atoms with Crippen LogP contribution in [-0.2, 0) is 23.3 Å². The van der Waals surface area contributed by atoms with Gasteiger partial charge in [-0.05, 0) is 13.8 Å². The smallest absolute Gasteiger partial charge is 0.394 e. The van der Waals surface area contributed by atoms with Gasteiger partial charge in [0.15, 0.2) is 12.3 Å². The molecule has 1 aliphatic heterocycles. The highest BCUT2D eigenvalue weighted by atomic mass is 31.1. The molecule has 6 atom stereocenters. The summed E-state index contributed by atoms with van der Waals surface area (Å²) in [6, 6.07) is 0. The van der Waals surface area contributed by atoms with E-state index < -0.39 is 56.8 Å². The Kier molecular flexibility index (Phi) is 7.18. The highest BCUT2D eigenvalue weighted by Gasteiger charge is 2.52. The number of ether oxygens (including phenoxy) is 3. The highest BCUT2D eigenvalue weighted by Crippen LogP contribution is 2.37. The molecule has 146 valence electrons. The van der Waals surface area contributed by atoms with Crippen molar-refractivity contribution in [3.8, 4) is 0 Å². The summed E-state index contributed by atoms with van der Waals surface area (Å²) >= 11 is 0. The molecule has 0 amide bonds.